The lowest BCUT2D eigenvalue weighted by atomic mass is 10.2. The van der Waals surface area contributed by atoms with Crippen molar-refractivity contribution in [2.45, 2.75) is 17.6 Å². The fraction of sp³-hybridized carbons (Fsp3) is 0.143. The Hall–Kier alpha value is -0.930. The molecule has 0 saturated heterocycles. The minimum absolute atomic E-state index is 0.798. The fourth-order valence-electron chi connectivity index (χ4n) is 1.48. The number of thioether (sulfide) groups is 1. The molecule has 1 nitrogen and oxygen atoms in total. The van der Waals surface area contributed by atoms with Crippen LogP contribution in [0.4, 0.5) is 5.69 Å². The molecule has 2 aromatic rings. The third-order valence-electron chi connectivity index (χ3n) is 2.49. The SMILES string of the molecule is Cc1ccc(SCc2ccc(Br)c(N)c2)cc1. The average molecular weight is 308 g/mol. The summed E-state index contributed by atoms with van der Waals surface area (Å²) in [6, 6.07) is 14.7. The van der Waals surface area contributed by atoms with Gasteiger partial charge in [-0.05, 0) is 52.7 Å². The summed E-state index contributed by atoms with van der Waals surface area (Å²) in [5, 5.41) is 0. The minimum Gasteiger partial charge on any atom is -0.398 e. The van der Waals surface area contributed by atoms with E-state index in [1.165, 1.54) is 16.0 Å². The Bertz CT molecular complexity index is 508. The molecule has 0 amide bonds. The Morgan fingerprint density at radius 3 is 2.47 bits per heavy atom. The molecular weight excluding hydrogens is 294 g/mol. The van der Waals surface area contributed by atoms with E-state index in [1.54, 1.807) is 0 Å². The van der Waals surface area contributed by atoms with Crippen LogP contribution in [0.5, 0.6) is 0 Å². The van der Waals surface area contributed by atoms with Crippen molar-refractivity contribution in [2.75, 3.05) is 5.73 Å². The molecule has 0 unspecified atom stereocenters. The summed E-state index contributed by atoms with van der Waals surface area (Å²) in [5.74, 6) is 0.945. The zero-order chi connectivity index (χ0) is 12.3. The van der Waals surface area contributed by atoms with Crippen molar-refractivity contribution >= 4 is 33.4 Å². The lowest BCUT2D eigenvalue weighted by Crippen LogP contribution is -1.89. The summed E-state index contributed by atoms with van der Waals surface area (Å²) in [4.78, 5) is 1.29. The first-order valence-electron chi connectivity index (χ1n) is 5.38. The standard InChI is InChI=1S/C14H14BrNS/c1-10-2-5-12(6-3-10)17-9-11-4-7-13(15)14(16)8-11/h2-8H,9,16H2,1H3. The van der Waals surface area contributed by atoms with Crippen LogP contribution in [0.3, 0.4) is 0 Å². The van der Waals surface area contributed by atoms with Gasteiger partial charge < -0.3 is 5.73 Å². The van der Waals surface area contributed by atoms with Crippen LogP contribution >= 0.6 is 27.7 Å². The van der Waals surface area contributed by atoms with Gasteiger partial charge in [-0.15, -0.1) is 11.8 Å². The number of benzene rings is 2. The number of hydrogen-bond donors (Lipinski definition) is 1. The summed E-state index contributed by atoms with van der Waals surface area (Å²) in [5.41, 5.74) is 9.19. The maximum atomic E-state index is 5.85. The zero-order valence-corrected chi connectivity index (χ0v) is 12.0. The highest BCUT2D eigenvalue weighted by Crippen LogP contribution is 2.26. The van der Waals surface area contributed by atoms with Gasteiger partial charge in [0, 0.05) is 20.8 Å². The van der Waals surface area contributed by atoms with E-state index in [0.29, 0.717) is 0 Å². The molecule has 0 aromatic heterocycles. The molecule has 0 heterocycles. The first-order chi connectivity index (χ1) is 8.15. The first kappa shape index (κ1) is 12.5. The summed E-state index contributed by atoms with van der Waals surface area (Å²) >= 11 is 5.23. The van der Waals surface area contributed by atoms with Crippen molar-refractivity contribution in [2.24, 2.45) is 0 Å². The second-order valence-corrected chi connectivity index (χ2v) is 5.86. The van der Waals surface area contributed by atoms with Crippen LogP contribution in [0.15, 0.2) is 51.8 Å². The van der Waals surface area contributed by atoms with Gasteiger partial charge >= 0.3 is 0 Å². The molecule has 2 N–H and O–H groups in total. The van der Waals surface area contributed by atoms with Crippen molar-refractivity contribution in [1.82, 2.24) is 0 Å². The minimum atomic E-state index is 0.798. The van der Waals surface area contributed by atoms with E-state index in [-0.39, 0.29) is 0 Å². The molecular formula is C14H14BrNS. The molecule has 0 aliphatic heterocycles. The van der Waals surface area contributed by atoms with Crippen LogP contribution in [-0.4, -0.2) is 0 Å². The molecule has 2 rings (SSSR count). The maximum absolute atomic E-state index is 5.85. The second kappa shape index (κ2) is 5.61. The van der Waals surface area contributed by atoms with Crippen LogP contribution < -0.4 is 5.73 Å². The van der Waals surface area contributed by atoms with E-state index in [4.69, 9.17) is 5.73 Å². The van der Waals surface area contributed by atoms with E-state index in [0.717, 1.165) is 15.9 Å². The first-order valence-corrected chi connectivity index (χ1v) is 7.16. The van der Waals surface area contributed by atoms with Crippen LogP contribution in [0, 0.1) is 6.92 Å². The van der Waals surface area contributed by atoms with Crippen molar-refractivity contribution in [1.29, 1.82) is 0 Å². The third kappa shape index (κ3) is 3.51. The molecule has 0 aliphatic carbocycles. The van der Waals surface area contributed by atoms with Gasteiger partial charge in [0.25, 0.3) is 0 Å². The fourth-order valence-corrected chi connectivity index (χ4v) is 2.57. The van der Waals surface area contributed by atoms with Crippen molar-refractivity contribution in [3.05, 3.63) is 58.1 Å². The molecule has 17 heavy (non-hydrogen) atoms. The largest absolute Gasteiger partial charge is 0.398 e. The number of halogens is 1. The van der Waals surface area contributed by atoms with E-state index in [2.05, 4.69) is 53.2 Å². The van der Waals surface area contributed by atoms with E-state index in [9.17, 15) is 0 Å². The van der Waals surface area contributed by atoms with Gasteiger partial charge in [-0.3, -0.25) is 0 Å². The third-order valence-corrected chi connectivity index (χ3v) is 4.29. The van der Waals surface area contributed by atoms with Crippen molar-refractivity contribution in [3.63, 3.8) is 0 Å². The lowest BCUT2D eigenvalue weighted by molar-refractivity contribution is 1.35. The number of aryl methyl sites for hydroxylation is 1. The number of rotatable bonds is 3. The quantitative estimate of drug-likeness (QED) is 0.661. The highest BCUT2D eigenvalue weighted by atomic mass is 79.9. The molecule has 88 valence electrons. The summed E-state index contributed by atoms with van der Waals surface area (Å²) in [7, 11) is 0. The van der Waals surface area contributed by atoms with Gasteiger partial charge in [0.1, 0.15) is 0 Å². The van der Waals surface area contributed by atoms with Gasteiger partial charge in [-0.25, -0.2) is 0 Å². The van der Waals surface area contributed by atoms with Gasteiger partial charge in [0.15, 0.2) is 0 Å². The predicted octanol–water partition coefficient (Wildman–Crippen LogP) is 4.63. The summed E-state index contributed by atoms with van der Waals surface area (Å²) < 4.78 is 0.960. The van der Waals surface area contributed by atoms with Gasteiger partial charge in [0.05, 0.1) is 0 Å². The maximum Gasteiger partial charge on any atom is 0.0461 e. The Balaban J connectivity index is 2.02. The normalized spacial score (nSPS) is 10.5. The molecule has 0 aliphatic rings. The van der Waals surface area contributed by atoms with Gasteiger partial charge in [-0.2, -0.15) is 0 Å². The van der Waals surface area contributed by atoms with Crippen molar-refractivity contribution < 1.29 is 0 Å². The van der Waals surface area contributed by atoms with Gasteiger partial charge in [0.2, 0.25) is 0 Å². The summed E-state index contributed by atoms with van der Waals surface area (Å²) in [6.45, 7) is 2.10. The van der Waals surface area contributed by atoms with Crippen LogP contribution in [-0.2, 0) is 5.75 Å². The van der Waals surface area contributed by atoms with Gasteiger partial charge in [-0.1, -0.05) is 23.8 Å². The predicted molar refractivity (Wildman–Crippen MR) is 79.3 cm³/mol. The molecule has 0 fully saturated rings. The molecule has 0 bridgehead atoms. The summed E-state index contributed by atoms with van der Waals surface area (Å²) in [6.07, 6.45) is 0. The number of anilines is 1. The Labute approximate surface area is 115 Å². The molecule has 0 radical (unpaired) electrons. The topological polar surface area (TPSA) is 26.0 Å². The molecule has 0 spiro atoms. The second-order valence-electron chi connectivity index (χ2n) is 3.96. The lowest BCUT2D eigenvalue weighted by Gasteiger charge is -2.05. The highest BCUT2D eigenvalue weighted by Gasteiger charge is 1.99. The Morgan fingerprint density at radius 2 is 1.82 bits per heavy atom. The molecule has 3 heteroatoms. The smallest absolute Gasteiger partial charge is 0.0461 e. The Morgan fingerprint density at radius 1 is 1.12 bits per heavy atom. The average Bonchev–Trinajstić information content (AvgIpc) is 2.33. The number of nitrogens with two attached hydrogens (primary N) is 1. The van der Waals surface area contributed by atoms with Crippen LogP contribution in [0.25, 0.3) is 0 Å². The Kier molecular flexibility index (Phi) is 4.13. The van der Waals surface area contributed by atoms with E-state index < -0.39 is 0 Å². The zero-order valence-electron chi connectivity index (χ0n) is 9.61. The molecule has 0 saturated carbocycles. The van der Waals surface area contributed by atoms with E-state index in [1.807, 2.05) is 23.9 Å². The molecule has 2 aromatic carbocycles. The highest BCUT2D eigenvalue weighted by molar-refractivity contribution is 9.10. The van der Waals surface area contributed by atoms with Crippen LogP contribution in [0.1, 0.15) is 11.1 Å². The van der Waals surface area contributed by atoms with Crippen molar-refractivity contribution in [3.8, 4) is 0 Å². The van der Waals surface area contributed by atoms with E-state index >= 15 is 0 Å². The monoisotopic (exact) mass is 307 g/mol. The molecule has 0 atom stereocenters. The van der Waals surface area contributed by atoms with Crippen LogP contribution in [0.2, 0.25) is 0 Å². The number of hydrogen-bond acceptors (Lipinski definition) is 2. The number of nitrogen functional groups attached to an aromatic ring is 1.